The molecule has 1 aromatic carbocycles. The maximum atomic E-state index is 11.7. The van der Waals surface area contributed by atoms with Gasteiger partial charge in [0, 0.05) is 12.0 Å². The summed E-state index contributed by atoms with van der Waals surface area (Å²) in [5.41, 5.74) is 0.655. The lowest BCUT2D eigenvalue weighted by Gasteiger charge is -2.18. The van der Waals surface area contributed by atoms with Crippen molar-refractivity contribution in [3.05, 3.63) is 35.9 Å². The van der Waals surface area contributed by atoms with Crippen LogP contribution in [-0.4, -0.2) is 19.3 Å². The molecule has 0 aliphatic rings. The molecule has 0 aliphatic carbocycles. The van der Waals surface area contributed by atoms with E-state index in [9.17, 15) is 9.00 Å². The molecule has 0 aliphatic heterocycles. The molecule has 0 amide bonds. The third-order valence-corrected chi connectivity index (χ3v) is 3.67. The lowest BCUT2D eigenvalue weighted by Crippen LogP contribution is -2.26. The Kier molecular flexibility index (Phi) is 4.38. The fourth-order valence-electron chi connectivity index (χ4n) is 1.27. The first-order valence-electron chi connectivity index (χ1n) is 5.13. The van der Waals surface area contributed by atoms with Gasteiger partial charge < -0.3 is 4.55 Å². The molecule has 4 heteroatoms. The second kappa shape index (κ2) is 5.37. The van der Waals surface area contributed by atoms with Crippen molar-refractivity contribution < 1.29 is 13.6 Å². The molecule has 16 heavy (non-hydrogen) atoms. The molecule has 0 fully saturated rings. The molecule has 3 nitrogen and oxygen atoms in total. The number of carbonyl (C=O) groups is 1. The lowest BCUT2D eigenvalue weighted by atomic mass is 10.0. The summed E-state index contributed by atoms with van der Waals surface area (Å²) in [5, 5.41) is 0. The first-order valence-corrected chi connectivity index (χ1v) is 6.23. The molecule has 1 rings (SSSR count). The van der Waals surface area contributed by atoms with Crippen molar-refractivity contribution in [2.75, 3.05) is 0 Å². The number of rotatable bonds is 5. The number of hydrogen-bond donors (Lipinski definition) is 1. The number of carbonyl (C=O) groups excluding carboxylic acids is 1. The van der Waals surface area contributed by atoms with Crippen molar-refractivity contribution in [2.24, 2.45) is 0 Å². The highest BCUT2D eigenvalue weighted by molar-refractivity contribution is 7.80. The molecule has 0 saturated heterocycles. The minimum Gasteiger partial charge on any atom is -0.306 e. The average molecular weight is 240 g/mol. The molecule has 0 radical (unpaired) electrons. The van der Waals surface area contributed by atoms with Crippen LogP contribution in [-0.2, 0) is 11.1 Å². The minimum atomic E-state index is -1.90. The highest BCUT2D eigenvalue weighted by Crippen LogP contribution is 2.19. The highest BCUT2D eigenvalue weighted by Gasteiger charge is 2.25. The fourth-order valence-corrected chi connectivity index (χ4v) is 1.55. The highest BCUT2D eigenvalue weighted by atomic mass is 32.2. The van der Waals surface area contributed by atoms with E-state index in [1.54, 1.807) is 26.0 Å². The largest absolute Gasteiger partial charge is 0.306 e. The molecule has 0 spiro atoms. The zero-order chi connectivity index (χ0) is 12.2. The fraction of sp³-hybridized carbons (Fsp3) is 0.417. The Labute approximate surface area is 98.2 Å². The van der Waals surface area contributed by atoms with Crippen LogP contribution in [0.25, 0.3) is 0 Å². The summed E-state index contributed by atoms with van der Waals surface area (Å²) >= 11 is -1.90. The standard InChI is InChI=1S/C12H16O3S/c1-12(2,16(14)15)9-8-11(13)10-6-4-3-5-7-10/h3-7H,8-9H2,1-2H3,(H,14,15). The number of Topliss-reactive ketones (excluding diaryl/α,β-unsaturated/α-hetero) is 1. The van der Waals surface area contributed by atoms with Crippen LogP contribution in [0.5, 0.6) is 0 Å². The average Bonchev–Trinajstić information content (AvgIpc) is 2.27. The van der Waals surface area contributed by atoms with Crippen LogP contribution in [0.2, 0.25) is 0 Å². The van der Waals surface area contributed by atoms with Gasteiger partial charge in [-0.3, -0.25) is 4.79 Å². The second-order valence-corrected chi connectivity index (χ2v) is 5.90. The normalized spacial score (nSPS) is 13.4. The van der Waals surface area contributed by atoms with Crippen LogP contribution in [0, 0.1) is 0 Å². The van der Waals surface area contributed by atoms with Gasteiger partial charge in [-0.05, 0) is 20.3 Å². The molecular formula is C12H16O3S. The van der Waals surface area contributed by atoms with Crippen LogP contribution in [0.15, 0.2) is 30.3 Å². The van der Waals surface area contributed by atoms with Gasteiger partial charge in [0.2, 0.25) is 0 Å². The second-order valence-electron chi connectivity index (χ2n) is 4.30. The Bertz CT molecular complexity index is 385. The molecule has 1 N–H and O–H groups in total. The van der Waals surface area contributed by atoms with Crippen molar-refractivity contribution >= 4 is 16.9 Å². The summed E-state index contributed by atoms with van der Waals surface area (Å²) in [5.74, 6) is 0.0131. The summed E-state index contributed by atoms with van der Waals surface area (Å²) in [7, 11) is 0. The molecule has 0 aromatic heterocycles. The predicted molar refractivity (Wildman–Crippen MR) is 64.9 cm³/mol. The van der Waals surface area contributed by atoms with Crippen molar-refractivity contribution in [3.63, 3.8) is 0 Å². The van der Waals surface area contributed by atoms with Gasteiger partial charge in [-0.25, -0.2) is 4.21 Å². The van der Waals surface area contributed by atoms with Gasteiger partial charge in [-0.15, -0.1) is 0 Å². The summed E-state index contributed by atoms with van der Waals surface area (Å²) in [6, 6.07) is 8.98. The van der Waals surface area contributed by atoms with E-state index in [1.165, 1.54) is 0 Å². The van der Waals surface area contributed by atoms with E-state index in [2.05, 4.69) is 0 Å². The molecule has 1 atom stereocenters. The van der Waals surface area contributed by atoms with Crippen LogP contribution in [0.4, 0.5) is 0 Å². The Morgan fingerprint density at radius 1 is 1.31 bits per heavy atom. The van der Waals surface area contributed by atoms with Gasteiger partial charge >= 0.3 is 0 Å². The summed E-state index contributed by atoms with van der Waals surface area (Å²) < 4.78 is 19.3. The molecule has 0 heterocycles. The Morgan fingerprint density at radius 3 is 2.38 bits per heavy atom. The molecule has 1 aromatic rings. The van der Waals surface area contributed by atoms with Crippen molar-refractivity contribution in [1.82, 2.24) is 0 Å². The molecule has 0 saturated carbocycles. The van der Waals surface area contributed by atoms with Gasteiger partial charge in [0.05, 0.1) is 4.75 Å². The molecule has 0 bridgehead atoms. The van der Waals surface area contributed by atoms with E-state index in [0.717, 1.165) is 0 Å². The van der Waals surface area contributed by atoms with Crippen LogP contribution in [0.3, 0.4) is 0 Å². The number of benzene rings is 1. The SMILES string of the molecule is CC(C)(CCC(=O)c1ccccc1)S(=O)O. The number of hydrogen-bond acceptors (Lipinski definition) is 2. The Balaban J connectivity index is 2.58. The Hall–Kier alpha value is -1.00. The van der Waals surface area contributed by atoms with Crippen LogP contribution >= 0.6 is 0 Å². The van der Waals surface area contributed by atoms with Crippen molar-refractivity contribution in [1.29, 1.82) is 0 Å². The van der Waals surface area contributed by atoms with Gasteiger partial charge in [-0.1, -0.05) is 30.3 Å². The van der Waals surface area contributed by atoms with E-state index in [4.69, 9.17) is 4.55 Å². The van der Waals surface area contributed by atoms with Gasteiger partial charge in [0.1, 0.15) is 0 Å². The van der Waals surface area contributed by atoms with E-state index >= 15 is 0 Å². The van der Waals surface area contributed by atoms with Gasteiger partial charge in [-0.2, -0.15) is 0 Å². The zero-order valence-corrected chi connectivity index (χ0v) is 10.3. The van der Waals surface area contributed by atoms with E-state index in [-0.39, 0.29) is 5.78 Å². The molecule has 88 valence electrons. The summed E-state index contributed by atoms with van der Waals surface area (Å²) in [6.07, 6.45) is 0.702. The van der Waals surface area contributed by atoms with E-state index in [0.29, 0.717) is 18.4 Å². The maximum absolute atomic E-state index is 11.7. The summed E-state index contributed by atoms with van der Waals surface area (Å²) in [6.45, 7) is 3.36. The minimum absolute atomic E-state index is 0.0131. The maximum Gasteiger partial charge on any atom is 0.162 e. The first kappa shape index (κ1) is 13.1. The number of ketones is 1. The van der Waals surface area contributed by atoms with Crippen LogP contribution in [0.1, 0.15) is 37.0 Å². The molecular weight excluding hydrogens is 224 g/mol. The van der Waals surface area contributed by atoms with Crippen LogP contribution < -0.4 is 0 Å². The third-order valence-electron chi connectivity index (χ3n) is 2.52. The van der Waals surface area contributed by atoms with E-state index < -0.39 is 15.8 Å². The molecule has 1 unspecified atom stereocenters. The topological polar surface area (TPSA) is 54.4 Å². The zero-order valence-electron chi connectivity index (χ0n) is 9.47. The third kappa shape index (κ3) is 3.54. The smallest absolute Gasteiger partial charge is 0.162 e. The predicted octanol–water partition coefficient (Wildman–Crippen LogP) is 2.65. The van der Waals surface area contributed by atoms with Gasteiger partial charge in [0.15, 0.2) is 16.9 Å². The first-order chi connectivity index (χ1) is 7.43. The van der Waals surface area contributed by atoms with Gasteiger partial charge in [0.25, 0.3) is 0 Å². The summed E-state index contributed by atoms with van der Waals surface area (Å²) in [4.78, 5) is 11.7. The van der Waals surface area contributed by atoms with Crippen molar-refractivity contribution in [2.45, 2.75) is 31.4 Å². The lowest BCUT2D eigenvalue weighted by molar-refractivity contribution is 0.0977. The monoisotopic (exact) mass is 240 g/mol. The van der Waals surface area contributed by atoms with Crippen molar-refractivity contribution in [3.8, 4) is 0 Å². The Morgan fingerprint density at radius 2 is 1.88 bits per heavy atom. The quantitative estimate of drug-likeness (QED) is 0.636. The van der Waals surface area contributed by atoms with E-state index in [1.807, 2.05) is 18.2 Å².